The van der Waals surface area contributed by atoms with Crippen LogP contribution < -0.4 is 10.1 Å². The Morgan fingerprint density at radius 3 is 3.00 bits per heavy atom. The first-order valence-electron chi connectivity index (χ1n) is 8.14. The van der Waals surface area contributed by atoms with Gasteiger partial charge in [-0.15, -0.1) is 11.3 Å². The Hall–Kier alpha value is -2.05. The Kier molecular flexibility index (Phi) is 4.17. The molecule has 0 radical (unpaired) electrons. The fourth-order valence-corrected chi connectivity index (χ4v) is 3.42. The average molecular weight is 376 g/mol. The van der Waals surface area contributed by atoms with Gasteiger partial charge in [0.05, 0.1) is 11.6 Å². The van der Waals surface area contributed by atoms with Gasteiger partial charge in [0.15, 0.2) is 0 Å². The lowest BCUT2D eigenvalue weighted by molar-refractivity contribution is -0.125. The number of carbonyl (C=O) groups excluding carboxylic acids is 1. The Morgan fingerprint density at radius 1 is 1.44 bits per heavy atom. The highest BCUT2D eigenvalue weighted by molar-refractivity contribution is 7.09. The van der Waals surface area contributed by atoms with E-state index in [1.165, 1.54) is 0 Å². The van der Waals surface area contributed by atoms with Crippen LogP contribution in [0.25, 0.3) is 10.9 Å². The summed E-state index contributed by atoms with van der Waals surface area (Å²) in [6, 6.07) is 5.76. The largest absolute Gasteiger partial charge is 0.485 e. The van der Waals surface area contributed by atoms with E-state index in [9.17, 15) is 4.79 Å². The van der Waals surface area contributed by atoms with Crippen LogP contribution in [0.1, 0.15) is 30.5 Å². The summed E-state index contributed by atoms with van der Waals surface area (Å²) in [5.74, 6) is 0.740. The molecule has 1 aliphatic carbocycles. The van der Waals surface area contributed by atoms with Gasteiger partial charge < -0.3 is 15.0 Å². The molecule has 1 fully saturated rings. The monoisotopic (exact) mass is 375 g/mol. The molecule has 7 heteroatoms. The number of rotatable bonds is 6. The van der Waals surface area contributed by atoms with E-state index in [1.807, 2.05) is 30.5 Å². The number of H-pyrrole nitrogens is 1. The summed E-state index contributed by atoms with van der Waals surface area (Å²) in [6.07, 6.45) is 3.70. The first-order valence-corrected chi connectivity index (χ1v) is 9.40. The second-order valence-electron chi connectivity index (χ2n) is 6.62. The molecule has 2 N–H and O–H groups in total. The van der Waals surface area contributed by atoms with Gasteiger partial charge in [-0.3, -0.25) is 4.79 Å². The first-order chi connectivity index (χ1) is 12.0. The fourth-order valence-electron chi connectivity index (χ4n) is 2.67. The predicted octanol–water partition coefficient (Wildman–Crippen LogP) is 4.27. The highest BCUT2D eigenvalue weighted by atomic mass is 35.5. The zero-order chi connectivity index (χ0) is 17.4. The van der Waals surface area contributed by atoms with Gasteiger partial charge >= 0.3 is 0 Å². The molecule has 1 saturated carbocycles. The van der Waals surface area contributed by atoms with Gasteiger partial charge in [0.25, 0.3) is 0 Å². The van der Waals surface area contributed by atoms with Crippen LogP contribution in [0.5, 0.6) is 5.75 Å². The van der Waals surface area contributed by atoms with Crippen molar-refractivity contribution in [2.24, 2.45) is 5.41 Å². The van der Waals surface area contributed by atoms with Gasteiger partial charge in [-0.1, -0.05) is 18.5 Å². The van der Waals surface area contributed by atoms with E-state index >= 15 is 0 Å². The van der Waals surface area contributed by atoms with Crippen molar-refractivity contribution >= 4 is 39.7 Å². The highest BCUT2D eigenvalue weighted by Gasteiger charge is 2.44. The molecule has 0 saturated heterocycles. The number of benzene rings is 1. The fraction of sp³-hybridized carbons (Fsp3) is 0.333. The minimum atomic E-state index is -0.161. The molecule has 0 bridgehead atoms. The molecule has 0 unspecified atom stereocenters. The minimum absolute atomic E-state index is 0.122. The molecule has 0 spiro atoms. The van der Waals surface area contributed by atoms with Gasteiger partial charge in [-0.25, -0.2) is 4.98 Å². The summed E-state index contributed by atoms with van der Waals surface area (Å²) in [7, 11) is 0. The van der Waals surface area contributed by atoms with E-state index < -0.39 is 0 Å². The third kappa shape index (κ3) is 3.50. The van der Waals surface area contributed by atoms with E-state index in [4.69, 9.17) is 16.3 Å². The summed E-state index contributed by atoms with van der Waals surface area (Å²) in [5.41, 5.74) is 1.72. The Bertz CT molecular complexity index is 916. The van der Waals surface area contributed by atoms with E-state index in [2.05, 4.69) is 15.3 Å². The summed E-state index contributed by atoms with van der Waals surface area (Å²) >= 11 is 7.87. The molecule has 1 amide bonds. The number of nitrogens with zero attached hydrogens (tertiary/aromatic N) is 1. The van der Waals surface area contributed by atoms with Crippen LogP contribution in [-0.4, -0.2) is 15.9 Å². The standard InChI is InChI=1S/C18H18ClN3O2S/c1-18(2-3-18)17(23)21-9-12-6-11-7-13(19)15(8-14(11)22-12)24-10-16-20-4-5-25-16/h4-8,22H,2-3,9-10H2,1H3,(H,21,23). The maximum Gasteiger partial charge on any atom is 0.226 e. The lowest BCUT2D eigenvalue weighted by Crippen LogP contribution is -2.29. The number of carbonyl (C=O) groups is 1. The zero-order valence-electron chi connectivity index (χ0n) is 13.8. The number of aromatic nitrogens is 2. The van der Waals surface area contributed by atoms with E-state index in [-0.39, 0.29) is 11.3 Å². The summed E-state index contributed by atoms with van der Waals surface area (Å²) < 4.78 is 5.78. The molecule has 4 rings (SSSR count). The number of hydrogen-bond donors (Lipinski definition) is 2. The smallest absolute Gasteiger partial charge is 0.226 e. The zero-order valence-corrected chi connectivity index (χ0v) is 15.3. The number of fused-ring (bicyclic) bond motifs is 1. The number of ether oxygens (including phenoxy) is 1. The normalized spacial score (nSPS) is 15.3. The summed E-state index contributed by atoms with van der Waals surface area (Å²) in [4.78, 5) is 19.6. The molecule has 25 heavy (non-hydrogen) atoms. The SMILES string of the molecule is CC1(C(=O)NCc2cc3cc(Cl)c(OCc4nccs4)cc3[nH]2)CC1. The molecule has 1 aromatic carbocycles. The molecule has 2 heterocycles. The molecule has 1 aliphatic rings. The topological polar surface area (TPSA) is 67.0 Å². The number of halogens is 1. The Balaban J connectivity index is 1.47. The van der Waals surface area contributed by atoms with Crippen LogP contribution in [0.2, 0.25) is 5.02 Å². The average Bonchev–Trinajstić information content (AvgIpc) is 3.01. The second kappa shape index (κ2) is 6.35. The lowest BCUT2D eigenvalue weighted by atomic mass is 10.1. The lowest BCUT2D eigenvalue weighted by Gasteiger charge is -2.08. The van der Waals surface area contributed by atoms with Crippen molar-refractivity contribution in [3.63, 3.8) is 0 Å². The first kappa shape index (κ1) is 16.4. The molecular formula is C18H18ClN3O2S. The Labute approximate surface area is 154 Å². The van der Waals surface area contributed by atoms with Crippen LogP contribution >= 0.6 is 22.9 Å². The van der Waals surface area contributed by atoms with Gasteiger partial charge in [-0.2, -0.15) is 0 Å². The number of hydrogen-bond acceptors (Lipinski definition) is 4. The molecule has 3 aromatic rings. The van der Waals surface area contributed by atoms with Gasteiger partial charge in [0, 0.05) is 39.7 Å². The maximum atomic E-state index is 12.1. The number of amides is 1. The number of thiazole rings is 1. The van der Waals surface area contributed by atoms with Gasteiger partial charge in [0.1, 0.15) is 17.4 Å². The van der Waals surface area contributed by atoms with Crippen LogP contribution in [0.15, 0.2) is 29.8 Å². The summed E-state index contributed by atoms with van der Waals surface area (Å²) in [5, 5.41) is 7.36. The summed E-state index contributed by atoms with van der Waals surface area (Å²) in [6.45, 7) is 2.88. The van der Waals surface area contributed by atoms with Crippen LogP contribution in [0.4, 0.5) is 0 Å². The van der Waals surface area contributed by atoms with E-state index in [0.717, 1.165) is 34.4 Å². The van der Waals surface area contributed by atoms with Crippen molar-refractivity contribution in [3.8, 4) is 5.75 Å². The molecular weight excluding hydrogens is 358 g/mol. The third-order valence-electron chi connectivity index (χ3n) is 4.55. The minimum Gasteiger partial charge on any atom is -0.485 e. The van der Waals surface area contributed by atoms with E-state index in [0.29, 0.717) is 23.9 Å². The van der Waals surface area contributed by atoms with Crippen molar-refractivity contribution in [3.05, 3.63) is 45.5 Å². The van der Waals surface area contributed by atoms with Gasteiger partial charge in [0.2, 0.25) is 5.91 Å². The Morgan fingerprint density at radius 2 is 2.28 bits per heavy atom. The van der Waals surface area contributed by atoms with Crippen molar-refractivity contribution in [1.29, 1.82) is 0 Å². The van der Waals surface area contributed by atoms with Gasteiger partial charge in [-0.05, 0) is 25.0 Å². The second-order valence-corrected chi connectivity index (χ2v) is 8.01. The number of nitrogens with one attached hydrogen (secondary N) is 2. The van der Waals surface area contributed by atoms with Crippen molar-refractivity contribution < 1.29 is 9.53 Å². The van der Waals surface area contributed by atoms with Crippen LogP contribution in [-0.2, 0) is 17.9 Å². The number of aromatic amines is 1. The molecule has 0 aliphatic heterocycles. The quantitative estimate of drug-likeness (QED) is 0.676. The predicted molar refractivity (Wildman–Crippen MR) is 98.9 cm³/mol. The van der Waals surface area contributed by atoms with Crippen molar-refractivity contribution in [2.45, 2.75) is 32.9 Å². The molecule has 5 nitrogen and oxygen atoms in total. The van der Waals surface area contributed by atoms with Crippen molar-refractivity contribution in [1.82, 2.24) is 15.3 Å². The molecule has 2 aromatic heterocycles. The van der Waals surface area contributed by atoms with E-state index in [1.54, 1.807) is 17.5 Å². The molecule has 130 valence electrons. The van der Waals surface area contributed by atoms with Crippen LogP contribution in [0.3, 0.4) is 0 Å². The highest BCUT2D eigenvalue weighted by Crippen LogP contribution is 2.45. The van der Waals surface area contributed by atoms with Crippen LogP contribution in [0, 0.1) is 5.41 Å². The third-order valence-corrected chi connectivity index (χ3v) is 5.60. The maximum absolute atomic E-state index is 12.1. The molecule has 0 atom stereocenters. The van der Waals surface area contributed by atoms with Crippen molar-refractivity contribution in [2.75, 3.05) is 0 Å².